The number of halogens is 1. The van der Waals surface area contributed by atoms with Gasteiger partial charge in [0.25, 0.3) is 0 Å². The SMILES string of the molecule is O=C(CCc1c[nH]c2ccccc12)NCc1cccc(Br)c1. The number of fused-ring (bicyclic) bond motifs is 1. The van der Waals surface area contributed by atoms with Crippen molar-refractivity contribution in [3.63, 3.8) is 0 Å². The van der Waals surface area contributed by atoms with Gasteiger partial charge in [0, 0.05) is 34.5 Å². The number of aromatic nitrogens is 1. The van der Waals surface area contributed by atoms with Crippen LogP contribution in [0.25, 0.3) is 10.9 Å². The molecule has 2 aromatic carbocycles. The number of para-hydroxylation sites is 1. The van der Waals surface area contributed by atoms with Gasteiger partial charge in [-0.2, -0.15) is 0 Å². The molecule has 3 rings (SSSR count). The van der Waals surface area contributed by atoms with Crippen LogP contribution in [0.15, 0.2) is 59.2 Å². The first-order valence-electron chi connectivity index (χ1n) is 7.28. The Kier molecular flexibility index (Phi) is 4.59. The van der Waals surface area contributed by atoms with E-state index in [9.17, 15) is 4.79 Å². The van der Waals surface area contributed by atoms with Crippen LogP contribution in [0.5, 0.6) is 0 Å². The Morgan fingerprint density at radius 2 is 2.00 bits per heavy atom. The fraction of sp³-hybridized carbons (Fsp3) is 0.167. The maximum Gasteiger partial charge on any atom is 0.220 e. The van der Waals surface area contributed by atoms with Crippen molar-refractivity contribution in [2.24, 2.45) is 0 Å². The summed E-state index contributed by atoms with van der Waals surface area (Å²) < 4.78 is 1.03. The maximum atomic E-state index is 12.0. The zero-order valence-corrected chi connectivity index (χ0v) is 13.7. The van der Waals surface area contributed by atoms with Crippen LogP contribution in [0, 0.1) is 0 Å². The molecule has 0 aliphatic carbocycles. The molecule has 3 nitrogen and oxygen atoms in total. The molecule has 4 heteroatoms. The number of aryl methyl sites for hydroxylation is 1. The van der Waals surface area contributed by atoms with Crippen molar-refractivity contribution in [1.82, 2.24) is 10.3 Å². The minimum Gasteiger partial charge on any atom is -0.361 e. The van der Waals surface area contributed by atoms with Gasteiger partial charge in [0.2, 0.25) is 5.91 Å². The zero-order valence-electron chi connectivity index (χ0n) is 12.1. The second-order valence-electron chi connectivity index (χ2n) is 5.27. The quantitative estimate of drug-likeness (QED) is 0.707. The van der Waals surface area contributed by atoms with Crippen molar-refractivity contribution >= 4 is 32.7 Å². The van der Waals surface area contributed by atoms with Gasteiger partial charge in [0.05, 0.1) is 0 Å². The first-order valence-corrected chi connectivity index (χ1v) is 8.08. The summed E-state index contributed by atoms with van der Waals surface area (Å²) in [7, 11) is 0. The number of amides is 1. The lowest BCUT2D eigenvalue weighted by molar-refractivity contribution is -0.121. The molecular formula is C18H17BrN2O. The van der Waals surface area contributed by atoms with Gasteiger partial charge in [0.1, 0.15) is 0 Å². The topological polar surface area (TPSA) is 44.9 Å². The summed E-state index contributed by atoms with van der Waals surface area (Å²) in [5, 5.41) is 4.16. The molecule has 2 N–H and O–H groups in total. The molecule has 0 bridgehead atoms. The molecule has 1 heterocycles. The summed E-state index contributed by atoms with van der Waals surface area (Å²) in [6, 6.07) is 16.1. The van der Waals surface area contributed by atoms with Crippen LogP contribution < -0.4 is 5.32 Å². The third-order valence-corrected chi connectivity index (χ3v) is 4.17. The van der Waals surface area contributed by atoms with Gasteiger partial charge in [0.15, 0.2) is 0 Å². The second kappa shape index (κ2) is 6.79. The van der Waals surface area contributed by atoms with Crippen molar-refractivity contribution in [3.05, 3.63) is 70.3 Å². The molecule has 0 spiro atoms. The van der Waals surface area contributed by atoms with Crippen LogP contribution in [0.3, 0.4) is 0 Å². The number of aromatic amines is 1. The van der Waals surface area contributed by atoms with Crippen LogP contribution >= 0.6 is 15.9 Å². The predicted octanol–water partition coefficient (Wildman–Crippen LogP) is 4.18. The number of hydrogen-bond acceptors (Lipinski definition) is 1. The number of nitrogens with one attached hydrogen (secondary N) is 2. The van der Waals surface area contributed by atoms with E-state index in [-0.39, 0.29) is 5.91 Å². The van der Waals surface area contributed by atoms with Crippen molar-refractivity contribution in [3.8, 4) is 0 Å². The lowest BCUT2D eigenvalue weighted by atomic mass is 10.1. The van der Waals surface area contributed by atoms with E-state index in [4.69, 9.17) is 0 Å². The highest BCUT2D eigenvalue weighted by Crippen LogP contribution is 2.19. The van der Waals surface area contributed by atoms with Crippen molar-refractivity contribution in [2.45, 2.75) is 19.4 Å². The largest absolute Gasteiger partial charge is 0.361 e. The van der Waals surface area contributed by atoms with E-state index < -0.39 is 0 Å². The summed E-state index contributed by atoms with van der Waals surface area (Å²) in [6.07, 6.45) is 3.23. The highest BCUT2D eigenvalue weighted by Gasteiger charge is 2.06. The molecule has 0 radical (unpaired) electrons. The fourth-order valence-electron chi connectivity index (χ4n) is 2.52. The molecule has 0 saturated carbocycles. The van der Waals surface area contributed by atoms with Gasteiger partial charge in [-0.15, -0.1) is 0 Å². The lowest BCUT2D eigenvalue weighted by Crippen LogP contribution is -2.22. The van der Waals surface area contributed by atoms with E-state index in [2.05, 4.69) is 32.3 Å². The van der Waals surface area contributed by atoms with Crippen LogP contribution in [-0.2, 0) is 17.8 Å². The van der Waals surface area contributed by atoms with Gasteiger partial charge in [-0.1, -0.05) is 46.3 Å². The van der Waals surface area contributed by atoms with E-state index in [1.807, 2.05) is 48.7 Å². The van der Waals surface area contributed by atoms with Crippen molar-refractivity contribution in [2.75, 3.05) is 0 Å². The van der Waals surface area contributed by atoms with E-state index in [1.54, 1.807) is 0 Å². The lowest BCUT2D eigenvalue weighted by Gasteiger charge is -2.05. The van der Waals surface area contributed by atoms with Gasteiger partial charge >= 0.3 is 0 Å². The molecule has 0 aliphatic rings. The van der Waals surface area contributed by atoms with Crippen molar-refractivity contribution in [1.29, 1.82) is 0 Å². The number of H-pyrrole nitrogens is 1. The van der Waals surface area contributed by atoms with Crippen LogP contribution in [0.2, 0.25) is 0 Å². The van der Waals surface area contributed by atoms with Crippen LogP contribution in [-0.4, -0.2) is 10.9 Å². The predicted molar refractivity (Wildman–Crippen MR) is 92.6 cm³/mol. The first kappa shape index (κ1) is 14.9. The Morgan fingerprint density at radius 3 is 2.86 bits per heavy atom. The van der Waals surface area contributed by atoms with E-state index >= 15 is 0 Å². The third kappa shape index (κ3) is 3.57. The van der Waals surface area contributed by atoms with Gasteiger partial charge in [-0.05, 0) is 35.7 Å². The van der Waals surface area contributed by atoms with Crippen molar-refractivity contribution < 1.29 is 4.79 Å². The van der Waals surface area contributed by atoms with Crippen LogP contribution in [0.1, 0.15) is 17.5 Å². The van der Waals surface area contributed by atoms with E-state index in [0.717, 1.165) is 22.0 Å². The molecule has 0 aliphatic heterocycles. The normalized spacial score (nSPS) is 10.8. The van der Waals surface area contributed by atoms with Gasteiger partial charge < -0.3 is 10.3 Å². The summed E-state index contributed by atoms with van der Waals surface area (Å²) in [5.74, 6) is 0.0743. The highest BCUT2D eigenvalue weighted by atomic mass is 79.9. The summed E-state index contributed by atoms with van der Waals surface area (Å²) >= 11 is 3.43. The Morgan fingerprint density at radius 1 is 1.14 bits per heavy atom. The summed E-state index contributed by atoms with van der Waals surface area (Å²) in [5.41, 5.74) is 3.40. The molecule has 0 fully saturated rings. The minimum atomic E-state index is 0.0743. The number of carbonyl (C=O) groups excluding carboxylic acids is 1. The smallest absolute Gasteiger partial charge is 0.220 e. The van der Waals surface area contributed by atoms with Crippen LogP contribution in [0.4, 0.5) is 0 Å². The molecule has 0 atom stereocenters. The fourth-order valence-corrected chi connectivity index (χ4v) is 2.97. The van der Waals surface area contributed by atoms with E-state index in [1.165, 1.54) is 10.9 Å². The second-order valence-corrected chi connectivity index (χ2v) is 6.18. The summed E-state index contributed by atoms with van der Waals surface area (Å²) in [4.78, 5) is 15.2. The molecule has 0 unspecified atom stereocenters. The maximum absolute atomic E-state index is 12.0. The molecule has 0 saturated heterocycles. The number of hydrogen-bond donors (Lipinski definition) is 2. The molecular weight excluding hydrogens is 340 g/mol. The average Bonchev–Trinajstić information content (AvgIpc) is 2.94. The van der Waals surface area contributed by atoms with Gasteiger partial charge in [-0.25, -0.2) is 0 Å². The zero-order chi connectivity index (χ0) is 15.4. The van der Waals surface area contributed by atoms with E-state index in [0.29, 0.717) is 13.0 Å². The monoisotopic (exact) mass is 356 g/mol. The first-order chi connectivity index (χ1) is 10.7. The Bertz CT molecular complexity index is 794. The molecule has 1 amide bonds. The Hall–Kier alpha value is -2.07. The summed E-state index contributed by atoms with van der Waals surface area (Å²) in [6.45, 7) is 0.562. The molecule has 112 valence electrons. The molecule has 1 aromatic heterocycles. The Balaban J connectivity index is 1.54. The van der Waals surface area contributed by atoms with Gasteiger partial charge in [-0.3, -0.25) is 4.79 Å². The molecule has 3 aromatic rings. The number of rotatable bonds is 5. The minimum absolute atomic E-state index is 0.0743. The molecule has 22 heavy (non-hydrogen) atoms. The number of benzene rings is 2. The average molecular weight is 357 g/mol. The Labute approximate surface area is 137 Å². The highest BCUT2D eigenvalue weighted by molar-refractivity contribution is 9.10. The number of carbonyl (C=O) groups is 1. The third-order valence-electron chi connectivity index (χ3n) is 3.68. The standard InChI is InChI=1S/C18H17BrN2O/c19-15-5-3-4-13(10-15)11-21-18(22)9-8-14-12-20-17-7-2-1-6-16(14)17/h1-7,10,12,20H,8-9,11H2,(H,21,22).